The molecule has 1 saturated heterocycles. The van der Waals surface area contributed by atoms with Gasteiger partial charge in [0.1, 0.15) is 17.9 Å². The van der Waals surface area contributed by atoms with Crippen LogP contribution < -0.4 is 4.74 Å². The fourth-order valence-electron chi connectivity index (χ4n) is 3.24. The van der Waals surface area contributed by atoms with Gasteiger partial charge in [0.25, 0.3) is 0 Å². The van der Waals surface area contributed by atoms with Crippen LogP contribution in [-0.2, 0) is 4.79 Å². The maximum atomic E-state index is 12.6. The third-order valence-corrected chi connectivity index (χ3v) is 4.78. The number of piperidine rings is 1. The lowest BCUT2D eigenvalue weighted by molar-refractivity contribution is -0.136. The van der Waals surface area contributed by atoms with E-state index >= 15 is 0 Å². The average Bonchev–Trinajstić information content (AvgIpc) is 3.12. The second-order valence-corrected chi connectivity index (χ2v) is 6.55. The van der Waals surface area contributed by atoms with Crippen LogP contribution in [0.15, 0.2) is 36.9 Å². The smallest absolute Gasteiger partial charge is 0.245 e. The van der Waals surface area contributed by atoms with Gasteiger partial charge in [-0.3, -0.25) is 4.79 Å². The molecule has 0 spiro atoms. The maximum Gasteiger partial charge on any atom is 0.245 e. The van der Waals surface area contributed by atoms with Crippen molar-refractivity contribution in [2.45, 2.75) is 45.8 Å². The predicted molar refractivity (Wildman–Crippen MR) is 93.1 cm³/mol. The van der Waals surface area contributed by atoms with E-state index in [0.717, 1.165) is 31.7 Å². The average molecular weight is 327 g/mol. The van der Waals surface area contributed by atoms with Crippen molar-refractivity contribution in [1.82, 2.24) is 14.5 Å². The van der Waals surface area contributed by atoms with E-state index in [1.165, 1.54) is 11.1 Å². The van der Waals surface area contributed by atoms with Crippen LogP contribution in [0, 0.1) is 13.8 Å². The summed E-state index contributed by atoms with van der Waals surface area (Å²) in [5, 5.41) is 0. The first-order valence-electron chi connectivity index (χ1n) is 8.55. The molecule has 1 aliphatic heterocycles. The van der Waals surface area contributed by atoms with Gasteiger partial charge in [-0.2, -0.15) is 0 Å². The molecule has 24 heavy (non-hydrogen) atoms. The maximum absolute atomic E-state index is 12.6. The number of amides is 1. The number of nitrogens with zero attached hydrogens (tertiary/aromatic N) is 3. The Kier molecular flexibility index (Phi) is 4.88. The Labute approximate surface area is 143 Å². The summed E-state index contributed by atoms with van der Waals surface area (Å²) in [4.78, 5) is 18.6. The van der Waals surface area contributed by atoms with E-state index < -0.39 is 0 Å². The third-order valence-electron chi connectivity index (χ3n) is 4.78. The van der Waals surface area contributed by atoms with Crippen molar-refractivity contribution < 1.29 is 9.53 Å². The van der Waals surface area contributed by atoms with Crippen molar-refractivity contribution in [3.8, 4) is 5.75 Å². The van der Waals surface area contributed by atoms with Gasteiger partial charge < -0.3 is 14.2 Å². The van der Waals surface area contributed by atoms with Gasteiger partial charge in [0.2, 0.25) is 5.91 Å². The molecule has 1 amide bonds. The zero-order valence-electron chi connectivity index (χ0n) is 14.6. The number of ether oxygens (including phenoxy) is 1. The van der Waals surface area contributed by atoms with Crippen molar-refractivity contribution in [3.05, 3.63) is 48.0 Å². The number of carbonyl (C=O) groups is 1. The molecule has 0 N–H and O–H groups in total. The lowest BCUT2D eigenvalue weighted by Gasteiger charge is -2.34. The monoisotopic (exact) mass is 327 g/mol. The largest absolute Gasteiger partial charge is 0.490 e. The standard InChI is InChI=1S/C19H25N3O2/c1-14-5-4-6-15(2)18(14)24-17-7-10-21(11-8-17)19(23)16(3)22-12-9-20-13-22/h4-6,9,12-13,16-17H,7-8,10-11H2,1-3H3/t16-/m1/s1. The summed E-state index contributed by atoms with van der Waals surface area (Å²) in [6.07, 6.45) is 7.15. The first-order valence-corrected chi connectivity index (χ1v) is 8.55. The molecule has 3 rings (SSSR count). The highest BCUT2D eigenvalue weighted by Gasteiger charge is 2.27. The van der Waals surface area contributed by atoms with Gasteiger partial charge in [-0.15, -0.1) is 0 Å². The highest BCUT2D eigenvalue weighted by atomic mass is 16.5. The van der Waals surface area contributed by atoms with Crippen molar-refractivity contribution in [2.75, 3.05) is 13.1 Å². The molecule has 0 unspecified atom stereocenters. The second kappa shape index (κ2) is 7.07. The quantitative estimate of drug-likeness (QED) is 0.867. The van der Waals surface area contributed by atoms with Crippen molar-refractivity contribution in [1.29, 1.82) is 0 Å². The third kappa shape index (κ3) is 3.45. The molecule has 5 nitrogen and oxygen atoms in total. The lowest BCUT2D eigenvalue weighted by atomic mass is 10.1. The first kappa shape index (κ1) is 16.6. The van der Waals surface area contributed by atoms with Gasteiger partial charge in [0, 0.05) is 38.3 Å². The number of aryl methyl sites for hydroxylation is 2. The van der Waals surface area contributed by atoms with E-state index in [0.29, 0.717) is 0 Å². The van der Waals surface area contributed by atoms with E-state index in [-0.39, 0.29) is 18.1 Å². The number of para-hydroxylation sites is 1. The van der Waals surface area contributed by atoms with Crippen LogP contribution in [0.25, 0.3) is 0 Å². The summed E-state index contributed by atoms with van der Waals surface area (Å²) in [6.45, 7) is 7.56. The zero-order chi connectivity index (χ0) is 17.1. The number of likely N-dealkylation sites (tertiary alicyclic amines) is 1. The van der Waals surface area contributed by atoms with Crippen LogP contribution in [0.2, 0.25) is 0 Å². The molecule has 0 saturated carbocycles. The topological polar surface area (TPSA) is 47.4 Å². The number of hydrogen-bond donors (Lipinski definition) is 0. The number of aromatic nitrogens is 2. The van der Waals surface area contributed by atoms with E-state index in [4.69, 9.17) is 4.74 Å². The normalized spacial score (nSPS) is 16.9. The Bertz CT molecular complexity index is 668. The molecule has 1 aliphatic rings. The molecule has 1 fully saturated rings. The van der Waals surface area contributed by atoms with E-state index in [1.807, 2.05) is 22.6 Å². The fourth-order valence-corrected chi connectivity index (χ4v) is 3.24. The van der Waals surface area contributed by atoms with Crippen LogP contribution in [0.1, 0.15) is 36.9 Å². The number of benzene rings is 1. The first-order chi connectivity index (χ1) is 11.6. The Hall–Kier alpha value is -2.30. The second-order valence-electron chi connectivity index (χ2n) is 6.55. The molecule has 128 valence electrons. The van der Waals surface area contributed by atoms with Crippen LogP contribution in [-0.4, -0.2) is 39.6 Å². The molecule has 2 heterocycles. The molecule has 2 aromatic rings. The summed E-state index contributed by atoms with van der Waals surface area (Å²) >= 11 is 0. The van der Waals surface area contributed by atoms with Gasteiger partial charge in [-0.05, 0) is 31.9 Å². The van der Waals surface area contributed by atoms with Gasteiger partial charge in [0.15, 0.2) is 0 Å². The molecular weight excluding hydrogens is 302 g/mol. The SMILES string of the molecule is Cc1cccc(C)c1OC1CCN(C(=O)[C@@H](C)n2ccnc2)CC1. The summed E-state index contributed by atoms with van der Waals surface area (Å²) in [5.41, 5.74) is 2.34. The minimum Gasteiger partial charge on any atom is -0.490 e. The highest BCUT2D eigenvalue weighted by Crippen LogP contribution is 2.26. The van der Waals surface area contributed by atoms with Crippen LogP contribution in [0.5, 0.6) is 5.75 Å². The molecule has 1 atom stereocenters. The van der Waals surface area contributed by atoms with Gasteiger partial charge in [0.05, 0.1) is 6.33 Å². The Balaban J connectivity index is 1.57. The molecule has 0 aliphatic carbocycles. The van der Waals surface area contributed by atoms with Gasteiger partial charge in [-0.25, -0.2) is 4.98 Å². The summed E-state index contributed by atoms with van der Waals surface area (Å²) < 4.78 is 8.07. The molecule has 1 aromatic heterocycles. The van der Waals surface area contributed by atoms with Crippen LogP contribution in [0.4, 0.5) is 0 Å². The molecule has 0 bridgehead atoms. The van der Waals surface area contributed by atoms with Crippen LogP contribution >= 0.6 is 0 Å². The highest BCUT2D eigenvalue weighted by molar-refractivity contribution is 5.80. The molecule has 0 radical (unpaired) electrons. The summed E-state index contributed by atoms with van der Waals surface area (Å²) in [7, 11) is 0. The van der Waals surface area contributed by atoms with Crippen molar-refractivity contribution in [3.63, 3.8) is 0 Å². The zero-order valence-corrected chi connectivity index (χ0v) is 14.6. The number of imidazole rings is 1. The van der Waals surface area contributed by atoms with Crippen molar-refractivity contribution in [2.24, 2.45) is 0 Å². The molecule has 1 aromatic carbocycles. The minimum absolute atomic E-state index is 0.151. The Morgan fingerprint density at radius 1 is 1.25 bits per heavy atom. The van der Waals surface area contributed by atoms with Crippen molar-refractivity contribution >= 4 is 5.91 Å². The fraction of sp³-hybridized carbons (Fsp3) is 0.474. The number of rotatable bonds is 4. The number of hydrogen-bond acceptors (Lipinski definition) is 3. The van der Waals surface area contributed by atoms with Gasteiger partial charge >= 0.3 is 0 Å². The molecule has 5 heteroatoms. The number of carbonyl (C=O) groups excluding carboxylic acids is 1. The lowest BCUT2D eigenvalue weighted by Crippen LogP contribution is -2.44. The van der Waals surface area contributed by atoms with Gasteiger partial charge in [-0.1, -0.05) is 18.2 Å². The molecular formula is C19H25N3O2. The summed E-state index contributed by atoms with van der Waals surface area (Å²) in [5.74, 6) is 1.15. The predicted octanol–water partition coefficient (Wildman–Crippen LogP) is 3.13. The van der Waals surface area contributed by atoms with E-state index in [1.54, 1.807) is 12.5 Å². The minimum atomic E-state index is -0.205. The van der Waals surface area contributed by atoms with E-state index in [9.17, 15) is 4.79 Å². The van der Waals surface area contributed by atoms with E-state index in [2.05, 4.69) is 37.0 Å². The van der Waals surface area contributed by atoms with Crippen LogP contribution in [0.3, 0.4) is 0 Å². The Morgan fingerprint density at radius 2 is 1.92 bits per heavy atom. The summed E-state index contributed by atoms with van der Waals surface area (Å²) in [6, 6.07) is 6.00. The Morgan fingerprint density at radius 3 is 2.50 bits per heavy atom.